The molecule has 70 valence electrons. The van der Waals surface area contributed by atoms with Gasteiger partial charge in [0.15, 0.2) is 0 Å². The minimum absolute atomic E-state index is 0. The number of methoxy groups -OCH3 is 1. The van der Waals surface area contributed by atoms with Crippen LogP contribution in [0, 0.1) is 0 Å². The third kappa shape index (κ3) is 9.35. The van der Waals surface area contributed by atoms with E-state index in [2.05, 4.69) is 4.74 Å². The second-order valence-electron chi connectivity index (χ2n) is 1.07. The fourth-order valence-electron chi connectivity index (χ4n) is 0.178. The first-order valence-electron chi connectivity index (χ1n) is 1.94. The summed E-state index contributed by atoms with van der Waals surface area (Å²) in [4.78, 5) is 20.0. The number of hydrogen-bond acceptors (Lipinski definition) is 5. The lowest BCUT2D eigenvalue weighted by Crippen LogP contribution is -2.18. The molecule has 0 rings (SSSR count). The van der Waals surface area contributed by atoms with Gasteiger partial charge in [-0.15, -0.1) is 12.4 Å². The lowest BCUT2D eigenvalue weighted by Gasteiger charge is -1.90. The van der Waals surface area contributed by atoms with E-state index in [9.17, 15) is 9.59 Å². The second kappa shape index (κ2) is 12.1. The zero-order valence-electron chi connectivity index (χ0n) is 5.49. The van der Waals surface area contributed by atoms with E-state index in [1.54, 1.807) is 0 Å². The van der Waals surface area contributed by atoms with Crippen LogP contribution in [-0.2, 0) is 14.3 Å². The summed E-state index contributed by atoms with van der Waals surface area (Å²) in [5, 5.41) is 7.99. The Morgan fingerprint density at radius 2 is 1.82 bits per heavy atom. The van der Waals surface area contributed by atoms with Crippen molar-refractivity contribution in [3.8, 4) is 0 Å². The number of aliphatic hydroxyl groups excluding tert-OH is 1. The molecular formula is C5H14ClNO4. The molecule has 0 unspecified atom stereocenters. The Balaban J connectivity index is -0.0000000817. The van der Waals surface area contributed by atoms with E-state index in [4.69, 9.17) is 5.11 Å². The minimum Gasteiger partial charge on any atom is -0.463 e. The van der Waals surface area contributed by atoms with Crippen LogP contribution >= 0.6 is 12.4 Å². The van der Waals surface area contributed by atoms with Gasteiger partial charge >= 0.3 is 5.97 Å². The third-order valence-electron chi connectivity index (χ3n) is 0.557. The minimum atomic E-state index is -1.01. The van der Waals surface area contributed by atoms with Gasteiger partial charge in [-0.1, -0.05) is 7.43 Å². The molecule has 0 aliphatic rings. The van der Waals surface area contributed by atoms with E-state index in [0.29, 0.717) is 0 Å². The Labute approximate surface area is 71.7 Å². The van der Waals surface area contributed by atoms with Crippen molar-refractivity contribution in [3.63, 3.8) is 0 Å². The number of halogens is 1. The number of Topliss-reactive ketones (excluding diaryl/α,β-unsaturated/α-hetero) is 1. The number of carbonyl (C=O) groups is 2. The maximum Gasteiger partial charge on any atom is 0.376 e. The number of ketones is 1. The van der Waals surface area contributed by atoms with Crippen LogP contribution in [0.4, 0.5) is 0 Å². The number of ether oxygens (including phenoxy) is 1. The molecule has 0 amide bonds. The Morgan fingerprint density at radius 1 is 1.45 bits per heavy atom. The summed E-state index contributed by atoms with van der Waals surface area (Å²) in [7, 11) is 1.08. The molecule has 0 saturated carbocycles. The predicted molar refractivity (Wildman–Crippen MR) is 43.1 cm³/mol. The van der Waals surface area contributed by atoms with Gasteiger partial charge in [-0.2, -0.15) is 0 Å². The molecule has 6 heteroatoms. The summed E-state index contributed by atoms with van der Waals surface area (Å²) < 4.78 is 3.95. The number of aliphatic hydroxyl groups is 1. The molecule has 0 atom stereocenters. The van der Waals surface area contributed by atoms with E-state index in [1.165, 1.54) is 0 Å². The maximum atomic E-state index is 10.0. The average molecular weight is 188 g/mol. The van der Waals surface area contributed by atoms with Gasteiger partial charge in [-0.05, 0) is 0 Å². The maximum absolute atomic E-state index is 10.0. The summed E-state index contributed by atoms with van der Waals surface area (Å²) in [5.74, 6) is -1.93. The topological polar surface area (TPSA) is 98.6 Å². The molecule has 0 saturated heterocycles. The summed E-state index contributed by atoms with van der Waals surface area (Å²) in [6, 6.07) is 0. The molecule has 0 radical (unpaired) electrons. The summed E-state index contributed by atoms with van der Waals surface area (Å²) in [6.45, 7) is -0.785. The molecule has 4 N–H and O–H groups in total. The molecule has 0 heterocycles. The van der Waals surface area contributed by atoms with Gasteiger partial charge in [0.05, 0.1) is 7.11 Å². The van der Waals surface area contributed by atoms with Crippen molar-refractivity contribution in [2.24, 2.45) is 0 Å². The third-order valence-corrected chi connectivity index (χ3v) is 0.557. The molecule has 0 fully saturated rings. The van der Waals surface area contributed by atoms with Crippen molar-refractivity contribution in [1.82, 2.24) is 6.15 Å². The summed E-state index contributed by atoms with van der Waals surface area (Å²) in [6.07, 6.45) is 0. The highest BCUT2D eigenvalue weighted by molar-refractivity contribution is 6.34. The van der Waals surface area contributed by atoms with Crippen molar-refractivity contribution >= 4 is 24.2 Å². The molecule has 0 aliphatic carbocycles. The quantitative estimate of drug-likeness (QED) is 0.466. The van der Waals surface area contributed by atoms with Crippen LogP contribution < -0.4 is 6.15 Å². The van der Waals surface area contributed by atoms with Crippen LogP contribution in [0.15, 0.2) is 0 Å². The van der Waals surface area contributed by atoms with E-state index in [1.807, 2.05) is 0 Å². The zero-order chi connectivity index (χ0) is 6.57. The van der Waals surface area contributed by atoms with Crippen LogP contribution in [0.25, 0.3) is 0 Å². The van der Waals surface area contributed by atoms with E-state index in [-0.39, 0.29) is 26.0 Å². The Kier molecular flexibility index (Phi) is 24.6. The number of hydrogen-bond donors (Lipinski definition) is 2. The van der Waals surface area contributed by atoms with Crippen LogP contribution in [0.5, 0.6) is 0 Å². The van der Waals surface area contributed by atoms with Gasteiger partial charge in [0.25, 0.3) is 5.78 Å². The Hall–Kier alpha value is -0.650. The van der Waals surface area contributed by atoms with Gasteiger partial charge < -0.3 is 16.0 Å². The fraction of sp³-hybridized carbons (Fsp3) is 0.600. The van der Waals surface area contributed by atoms with Gasteiger partial charge in [0.1, 0.15) is 6.61 Å². The molecule has 0 aromatic heterocycles. The molecule has 0 aliphatic heterocycles. The monoisotopic (exact) mass is 187 g/mol. The van der Waals surface area contributed by atoms with Crippen molar-refractivity contribution in [1.29, 1.82) is 0 Å². The van der Waals surface area contributed by atoms with Crippen LogP contribution in [-0.4, -0.2) is 30.6 Å². The van der Waals surface area contributed by atoms with Crippen LogP contribution in [0.1, 0.15) is 7.43 Å². The highest BCUT2D eigenvalue weighted by atomic mass is 35.5. The van der Waals surface area contributed by atoms with E-state index < -0.39 is 18.4 Å². The van der Waals surface area contributed by atoms with Gasteiger partial charge in [0.2, 0.25) is 0 Å². The molecule has 0 bridgehead atoms. The molecule has 0 aromatic carbocycles. The van der Waals surface area contributed by atoms with Crippen molar-refractivity contribution < 1.29 is 19.4 Å². The average Bonchev–Trinajstić information content (AvgIpc) is 1.84. The van der Waals surface area contributed by atoms with Gasteiger partial charge in [-0.25, -0.2) is 4.79 Å². The highest BCUT2D eigenvalue weighted by Crippen LogP contribution is 1.73. The number of rotatable bonds is 2. The van der Waals surface area contributed by atoms with Gasteiger partial charge in [0, 0.05) is 0 Å². The number of carbonyl (C=O) groups excluding carboxylic acids is 2. The van der Waals surface area contributed by atoms with Crippen molar-refractivity contribution in [2.45, 2.75) is 7.43 Å². The van der Waals surface area contributed by atoms with Crippen molar-refractivity contribution in [3.05, 3.63) is 0 Å². The number of esters is 1. The SMILES string of the molecule is C.COC(=O)C(=O)CO.Cl.N. The summed E-state index contributed by atoms with van der Waals surface area (Å²) in [5.41, 5.74) is 0. The molecule has 0 spiro atoms. The first-order valence-corrected chi connectivity index (χ1v) is 1.94. The van der Waals surface area contributed by atoms with Crippen LogP contribution in [0.2, 0.25) is 0 Å². The Bertz CT molecular complexity index is 103. The second-order valence-corrected chi connectivity index (χ2v) is 1.07. The lowest BCUT2D eigenvalue weighted by atomic mass is 10.4. The first kappa shape index (κ1) is 22.4. The normalized spacial score (nSPS) is 6.00. The fourth-order valence-corrected chi connectivity index (χ4v) is 0.178. The molecule has 5 nitrogen and oxygen atoms in total. The van der Waals surface area contributed by atoms with Crippen molar-refractivity contribution in [2.75, 3.05) is 13.7 Å². The molecule has 11 heavy (non-hydrogen) atoms. The first-order chi connectivity index (χ1) is 3.72. The van der Waals surface area contributed by atoms with E-state index >= 15 is 0 Å². The summed E-state index contributed by atoms with van der Waals surface area (Å²) >= 11 is 0. The standard InChI is InChI=1S/C4H6O4.CH4.ClH.H3N/c1-8-4(7)3(6)2-5;;;/h5H,2H2,1H3;1H4;1H;1H3. The molecule has 0 aromatic rings. The van der Waals surface area contributed by atoms with E-state index in [0.717, 1.165) is 7.11 Å². The zero-order valence-corrected chi connectivity index (χ0v) is 6.31. The smallest absolute Gasteiger partial charge is 0.376 e. The highest BCUT2D eigenvalue weighted by Gasteiger charge is 2.10. The van der Waals surface area contributed by atoms with Crippen LogP contribution in [0.3, 0.4) is 0 Å². The predicted octanol–water partition coefficient (Wildman–Crippen LogP) is -0.0593. The Morgan fingerprint density at radius 3 is 1.91 bits per heavy atom. The molecular weight excluding hydrogens is 174 g/mol. The largest absolute Gasteiger partial charge is 0.463 e. The van der Waals surface area contributed by atoms with Gasteiger partial charge in [-0.3, -0.25) is 4.79 Å². The lowest BCUT2D eigenvalue weighted by molar-refractivity contribution is -0.152.